The number of carboxylic acid groups (broad SMARTS) is 2. The van der Waals surface area contributed by atoms with E-state index in [4.69, 9.17) is 19.7 Å². The van der Waals surface area contributed by atoms with Crippen LogP contribution >= 0.6 is 13.5 Å². The molecule has 0 spiro atoms. The van der Waals surface area contributed by atoms with Crippen molar-refractivity contribution in [3.63, 3.8) is 0 Å². The first-order chi connectivity index (χ1) is 16.2. The molecule has 0 aliphatic rings. The molecule has 0 saturated heterocycles. The van der Waals surface area contributed by atoms with Gasteiger partial charge in [0.2, 0.25) is 0 Å². The number of hydrogen-bond acceptors (Lipinski definition) is 4. The summed E-state index contributed by atoms with van der Waals surface area (Å²) in [5.74, 6) is -0.980. The first kappa shape index (κ1) is 27.5. The maximum atomic E-state index is 10.9. The highest BCUT2D eigenvalue weighted by molar-refractivity contribution is 7.59. The van der Waals surface area contributed by atoms with Crippen LogP contribution in [0, 0.1) is 0 Å². The standard InChI is InChI=1S/2C14H14O3.H2S/c2*1-9(14(15)16)10-3-4-12-8-13(17-2)6-5-11(12)7-10;/h2*3-9H,1-2H3,(H,15,16);1H2/t2*9-;/m00./s1. The molecular formula is C28H30O6S. The molecule has 2 N–H and O–H groups in total. The van der Waals surface area contributed by atoms with Gasteiger partial charge in [-0.1, -0.05) is 48.5 Å². The third-order valence-electron chi connectivity index (χ3n) is 5.88. The second-order valence-electron chi connectivity index (χ2n) is 8.06. The van der Waals surface area contributed by atoms with E-state index in [0.717, 1.165) is 44.2 Å². The lowest BCUT2D eigenvalue weighted by Gasteiger charge is -2.08. The first-order valence-corrected chi connectivity index (χ1v) is 10.8. The van der Waals surface area contributed by atoms with Crippen molar-refractivity contribution >= 4 is 47.0 Å². The molecule has 4 aromatic carbocycles. The molecule has 0 saturated carbocycles. The number of aliphatic carboxylic acids is 2. The topological polar surface area (TPSA) is 93.1 Å². The SMILES string of the molecule is COc1ccc2cc([C@H](C)C(=O)O)ccc2c1.COc1ccc2cc([C@H](C)C(=O)O)ccc2c1.S. The lowest BCUT2D eigenvalue weighted by atomic mass is 9.98. The van der Waals surface area contributed by atoms with Gasteiger partial charge in [0.1, 0.15) is 11.5 Å². The van der Waals surface area contributed by atoms with E-state index in [9.17, 15) is 9.59 Å². The summed E-state index contributed by atoms with van der Waals surface area (Å²) < 4.78 is 10.3. The second-order valence-corrected chi connectivity index (χ2v) is 8.06. The van der Waals surface area contributed by atoms with E-state index in [1.807, 2.05) is 72.8 Å². The molecule has 4 rings (SSSR count). The zero-order chi connectivity index (χ0) is 24.8. The summed E-state index contributed by atoms with van der Waals surface area (Å²) in [6, 6.07) is 22.9. The molecule has 0 amide bonds. The summed E-state index contributed by atoms with van der Waals surface area (Å²) in [7, 11) is 3.25. The minimum atomic E-state index is -0.808. The lowest BCUT2D eigenvalue weighted by molar-refractivity contribution is -0.139. The largest absolute Gasteiger partial charge is 0.497 e. The van der Waals surface area contributed by atoms with E-state index in [1.165, 1.54) is 0 Å². The Hall–Kier alpha value is -3.71. The van der Waals surface area contributed by atoms with Gasteiger partial charge in [-0.25, -0.2) is 0 Å². The number of fused-ring (bicyclic) bond motifs is 2. The zero-order valence-corrected chi connectivity index (χ0v) is 21.1. The maximum absolute atomic E-state index is 10.9. The van der Waals surface area contributed by atoms with Crippen LogP contribution in [0.25, 0.3) is 21.5 Å². The molecule has 0 aliphatic carbocycles. The van der Waals surface area contributed by atoms with Gasteiger partial charge >= 0.3 is 11.9 Å². The summed E-state index contributed by atoms with van der Waals surface area (Å²) in [6.45, 7) is 3.38. The van der Waals surface area contributed by atoms with Crippen molar-refractivity contribution in [3.05, 3.63) is 83.9 Å². The number of methoxy groups -OCH3 is 2. The summed E-state index contributed by atoms with van der Waals surface area (Å²) in [5.41, 5.74) is 1.63. The van der Waals surface area contributed by atoms with Gasteiger partial charge in [0.05, 0.1) is 26.1 Å². The molecule has 0 bridgehead atoms. The summed E-state index contributed by atoms with van der Waals surface area (Å²) >= 11 is 0. The van der Waals surface area contributed by atoms with Crippen molar-refractivity contribution in [3.8, 4) is 11.5 Å². The van der Waals surface area contributed by atoms with Crippen LogP contribution in [0.3, 0.4) is 0 Å². The van der Waals surface area contributed by atoms with E-state index in [1.54, 1.807) is 28.1 Å². The van der Waals surface area contributed by atoms with Crippen molar-refractivity contribution in [2.75, 3.05) is 14.2 Å². The van der Waals surface area contributed by atoms with E-state index in [-0.39, 0.29) is 13.5 Å². The molecule has 35 heavy (non-hydrogen) atoms. The smallest absolute Gasteiger partial charge is 0.310 e. The number of ether oxygens (including phenoxy) is 2. The van der Waals surface area contributed by atoms with Crippen molar-refractivity contribution in [2.45, 2.75) is 25.7 Å². The third kappa shape index (κ3) is 6.67. The average Bonchev–Trinajstić information content (AvgIpc) is 2.86. The monoisotopic (exact) mass is 494 g/mol. The van der Waals surface area contributed by atoms with Gasteiger partial charge in [-0.15, -0.1) is 0 Å². The molecule has 6 nitrogen and oxygen atoms in total. The molecule has 0 radical (unpaired) electrons. The lowest BCUT2D eigenvalue weighted by Crippen LogP contribution is -2.06. The Morgan fingerprint density at radius 1 is 0.600 bits per heavy atom. The van der Waals surface area contributed by atoms with Crippen molar-refractivity contribution in [1.82, 2.24) is 0 Å². The molecule has 0 aliphatic heterocycles. The summed E-state index contributed by atoms with van der Waals surface area (Å²) in [4.78, 5) is 21.8. The fourth-order valence-electron chi connectivity index (χ4n) is 3.56. The summed E-state index contributed by atoms with van der Waals surface area (Å²) in [5, 5.41) is 22.1. The van der Waals surface area contributed by atoms with Gasteiger partial charge in [0.15, 0.2) is 0 Å². The van der Waals surface area contributed by atoms with Gasteiger partial charge < -0.3 is 19.7 Å². The quantitative estimate of drug-likeness (QED) is 0.332. The Labute approximate surface area is 211 Å². The number of benzene rings is 4. The van der Waals surface area contributed by atoms with Crippen LogP contribution < -0.4 is 9.47 Å². The molecule has 7 heteroatoms. The third-order valence-corrected chi connectivity index (χ3v) is 5.88. The molecule has 2 atom stereocenters. The van der Waals surface area contributed by atoms with Crippen LogP contribution in [-0.4, -0.2) is 36.4 Å². The highest BCUT2D eigenvalue weighted by atomic mass is 32.1. The van der Waals surface area contributed by atoms with Crippen LogP contribution in [0.1, 0.15) is 36.8 Å². The fraction of sp³-hybridized carbons (Fsp3) is 0.214. The minimum Gasteiger partial charge on any atom is -0.497 e. The number of rotatable bonds is 6. The Morgan fingerprint density at radius 3 is 1.23 bits per heavy atom. The normalized spacial score (nSPS) is 12.0. The predicted molar refractivity (Wildman–Crippen MR) is 143 cm³/mol. The maximum Gasteiger partial charge on any atom is 0.310 e. The molecular weight excluding hydrogens is 464 g/mol. The molecule has 0 fully saturated rings. The van der Waals surface area contributed by atoms with E-state index in [2.05, 4.69) is 0 Å². The zero-order valence-electron chi connectivity index (χ0n) is 20.1. The molecule has 0 heterocycles. The van der Waals surface area contributed by atoms with Crippen molar-refractivity contribution in [2.24, 2.45) is 0 Å². The Morgan fingerprint density at radius 2 is 0.914 bits per heavy atom. The van der Waals surface area contributed by atoms with Gasteiger partial charge in [-0.3, -0.25) is 9.59 Å². The number of hydrogen-bond donors (Lipinski definition) is 2. The highest BCUT2D eigenvalue weighted by Gasteiger charge is 2.14. The fourth-order valence-corrected chi connectivity index (χ4v) is 3.56. The van der Waals surface area contributed by atoms with Crippen molar-refractivity contribution in [1.29, 1.82) is 0 Å². The number of carbonyl (C=O) groups is 2. The molecule has 0 aromatic heterocycles. The van der Waals surface area contributed by atoms with Crippen LogP contribution in [0.5, 0.6) is 11.5 Å². The van der Waals surface area contributed by atoms with Gasteiger partial charge in [-0.05, 0) is 70.8 Å². The number of carboxylic acids is 2. The molecule has 0 unspecified atom stereocenters. The van der Waals surface area contributed by atoms with E-state index in [0.29, 0.717) is 0 Å². The average molecular weight is 495 g/mol. The van der Waals surface area contributed by atoms with E-state index < -0.39 is 23.8 Å². The van der Waals surface area contributed by atoms with Gasteiger partial charge in [0, 0.05) is 0 Å². The Balaban J connectivity index is 0.000000240. The van der Waals surface area contributed by atoms with Crippen LogP contribution in [0.2, 0.25) is 0 Å². The van der Waals surface area contributed by atoms with Gasteiger partial charge in [0.25, 0.3) is 0 Å². The predicted octanol–water partition coefficient (Wildman–Crippen LogP) is 6.19. The minimum absolute atomic E-state index is 0. The van der Waals surface area contributed by atoms with Crippen LogP contribution in [0.15, 0.2) is 72.8 Å². The Bertz CT molecular complexity index is 1230. The second kappa shape index (κ2) is 12.1. The molecule has 4 aromatic rings. The first-order valence-electron chi connectivity index (χ1n) is 10.8. The highest BCUT2D eigenvalue weighted by Crippen LogP contribution is 2.26. The Kier molecular flexibility index (Phi) is 9.54. The van der Waals surface area contributed by atoms with Crippen LogP contribution in [0.4, 0.5) is 0 Å². The van der Waals surface area contributed by atoms with Crippen LogP contribution in [-0.2, 0) is 9.59 Å². The van der Waals surface area contributed by atoms with Gasteiger partial charge in [-0.2, -0.15) is 13.5 Å². The van der Waals surface area contributed by atoms with Crippen molar-refractivity contribution < 1.29 is 29.3 Å². The molecule has 184 valence electrons. The summed E-state index contributed by atoms with van der Waals surface area (Å²) in [6.07, 6.45) is 0. The van der Waals surface area contributed by atoms with E-state index >= 15 is 0 Å².